The van der Waals surface area contributed by atoms with Crippen molar-refractivity contribution in [3.05, 3.63) is 0 Å². The van der Waals surface area contributed by atoms with Gasteiger partial charge in [0.2, 0.25) is 0 Å². The van der Waals surface area contributed by atoms with E-state index in [2.05, 4.69) is 37.9 Å². The number of likely N-dealkylation sites (tertiary alicyclic amines) is 1. The van der Waals surface area contributed by atoms with Gasteiger partial charge in [-0.1, -0.05) is 27.7 Å². The fourth-order valence-electron chi connectivity index (χ4n) is 2.61. The van der Waals surface area contributed by atoms with Gasteiger partial charge >= 0.3 is 5.97 Å². The number of nitrogens with one attached hydrogen (secondary N) is 1. The Kier molecular flexibility index (Phi) is 6.80. The first-order valence-electron chi connectivity index (χ1n) is 7.59. The Morgan fingerprint density at radius 1 is 1.37 bits per heavy atom. The molecule has 4 heteroatoms. The SMILES string of the molecule is CCOC(=O)C(CN1CCC(C)C(C)C1)NC(C)C. The van der Waals surface area contributed by atoms with Gasteiger partial charge in [0.05, 0.1) is 6.61 Å². The van der Waals surface area contributed by atoms with Crippen molar-refractivity contribution in [3.8, 4) is 0 Å². The topological polar surface area (TPSA) is 41.6 Å². The van der Waals surface area contributed by atoms with Gasteiger partial charge in [-0.2, -0.15) is 0 Å². The average Bonchev–Trinajstić information content (AvgIpc) is 2.33. The quantitative estimate of drug-likeness (QED) is 0.749. The number of carbonyl (C=O) groups excluding carboxylic acids is 1. The third-order valence-corrected chi connectivity index (χ3v) is 3.96. The predicted molar refractivity (Wildman–Crippen MR) is 78.1 cm³/mol. The molecule has 0 amide bonds. The normalized spacial score (nSPS) is 26.4. The van der Waals surface area contributed by atoms with Crippen LogP contribution in [0.3, 0.4) is 0 Å². The van der Waals surface area contributed by atoms with Crippen LogP contribution in [0, 0.1) is 11.8 Å². The first-order chi connectivity index (χ1) is 8.93. The second-order valence-electron chi connectivity index (χ2n) is 6.13. The van der Waals surface area contributed by atoms with Gasteiger partial charge in [0.15, 0.2) is 0 Å². The van der Waals surface area contributed by atoms with Gasteiger partial charge in [0.1, 0.15) is 6.04 Å². The van der Waals surface area contributed by atoms with E-state index in [1.54, 1.807) is 0 Å². The van der Waals surface area contributed by atoms with Crippen LogP contribution < -0.4 is 5.32 Å². The molecule has 4 nitrogen and oxygen atoms in total. The van der Waals surface area contributed by atoms with Gasteiger partial charge in [0, 0.05) is 19.1 Å². The Labute approximate surface area is 117 Å². The molecule has 1 aliphatic heterocycles. The van der Waals surface area contributed by atoms with E-state index in [1.807, 2.05) is 6.92 Å². The number of esters is 1. The predicted octanol–water partition coefficient (Wildman–Crippen LogP) is 1.89. The summed E-state index contributed by atoms with van der Waals surface area (Å²) in [6, 6.07) is 0.0797. The second-order valence-corrected chi connectivity index (χ2v) is 6.13. The molecule has 0 bridgehead atoms. The van der Waals surface area contributed by atoms with E-state index < -0.39 is 0 Å². The minimum atomic E-state index is -0.208. The highest BCUT2D eigenvalue weighted by Crippen LogP contribution is 2.22. The molecule has 1 rings (SSSR count). The maximum Gasteiger partial charge on any atom is 0.324 e. The number of rotatable bonds is 6. The molecular weight excluding hydrogens is 240 g/mol. The average molecular weight is 270 g/mol. The molecule has 0 aromatic carbocycles. The number of piperidine rings is 1. The Morgan fingerprint density at radius 3 is 2.58 bits per heavy atom. The highest BCUT2D eigenvalue weighted by atomic mass is 16.5. The molecule has 0 aromatic heterocycles. The number of hydrogen-bond donors (Lipinski definition) is 1. The summed E-state index contributed by atoms with van der Waals surface area (Å²) in [5.41, 5.74) is 0. The van der Waals surface area contributed by atoms with Crippen molar-refractivity contribution in [2.45, 2.75) is 53.1 Å². The van der Waals surface area contributed by atoms with Crippen molar-refractivity contribution in [2.75, 3.05) is 26.2 Å². The van der Waals surface area contributed by atoms with Gasteiger partial charge in [-0.3, -0.25) is 4.79 Å². The Bertz CT molecular complexity index is 281. The van der Waals surface area contributed by atoms with Crippen LogP contribution >= 0.6 is 0 Å². The fourth-order valence-corrected chi connectivity index (χ4v) is 2.61. The van der Waals surface area contributed by atoms with Gasteiger partial charge in [0.25, 0.3) is 0 Å². The van der Waals surface area contributed by atoms with Crippen molar-refractivity contribution >= 4 is 5.97 Å². The Morgan fingerprint density at radius 2 is 2.05 bits per heavy atom. The smallest absolute Gasteiger partial charge is 0.324 e. The lowest BCUT2D eigenvalue weighted by atomic mass is 9.88. The van der Waals surface area contributed by atoms with Gasteiger partial charge in [-0.15, -0.1) is 0 Å². The van der Waals surface area contributed by atoms with Crippen molar-refractivity contribution in [1.82, 2.24) is 10.2 Å². The van der Waals surface area contributed by atoms with Crippen LogP contribution in [0.15, 0.2) is 0 Å². The van der Waals surface area contributed by atoms with Crippen molar-refractivity contribution in [2.24, 2.45) is 11.8 Å². The molecule has 1 fully saturated rings. The number of hydrogen-bond acceptors (Lipinski definition) is 4. The third kappa shape index (κ3) is 5.49. The van der Waals surface area contributed by atoms with E-state index in [-0.39, 0.29) is 18.1 Å². The lowest BCUT2D eigenvalue weighted by Gasteiger charge is -2.37. The van der Waals surface area contributed by atoms with Crippen LogP contribution in [-0.4, -0.2) is 49.2 Å². The standard InChI is InChI=1S/C15H30N2O2/c1-6-19-15(18)14(16-11(2)3)10-17-8-7-12(4)13(5)9-17/h11-14,16H,6-10H2,1-5H3. The lowest BCUT2D eigenvalue weighted by molar-refractivity contribution is -0.146. The van der Waals surface area contributed by atoms with Crippen LogP contribution in [0.4, 0.5) is 0 Å². The van der Waals surface area contributed by atoms with E-state index in [0.29, 0.717) is 12.5 Å². The van der Waals surface area contributed by atoms with Gasteiger partial charge in [-0.05, 0) is 31.7 Å². The zero-order valence-corrected chi connectivity index (χ0v) is 13.1. The van der Waals surface area contributed by atoms with Gasteiger partial charge in [-0.25, -0.2) is 0 Å². The molecule has 0 spiro atoms. The molecule has 19 heavy (non-hydrogen) atoms. The summed E-state index contributed by atoms with van der Waals surface area (Å²) in [5.74, 6) is 1.37. The first-order valence-corrected chi connectivity index (χ1v) is 7.59. The molecular formula is C15H30N2O2. The van der Waals surface area contributed by atoms with Gasteiger partial charge < -0.3 is 15.0 Å². The molecule has 1 heterocycles. The van der Waals surface area contributed by atoms with Crippen molar-refractivity contribution in [1.29, 1.82) is 0 Å². The van der Waals surface area contributed by atoms with E-state index in [0.717, 1.165) is 25.6 Å². The zero-order valence-electron chi connectivity index (χ0n) is 13.1. The monoisotopic (exact) mass is 270 g/mol. The van der Waals surface area contributed by atoms with Crippen LogP contribution in [-0.2, 0) is 9.53 Å². The molecule has 3 unspecified atom stereocenters. The molecule has 3 atom stereocenters. The van der Waals surface area contributed by atoms with Crippen LogP contribution in [0.25, 0.3) is 0 Å². The van der Waals surface area contributed by atoms with E-state index in [9.17, 15) is 4.79 Å². The highest BCUT2D eigenvalue weighted by Gasteiger charge is 2.28. The lowest BCUT2D eigenvalue weighted by Crippen LogP contribution is -2.51. The molecule has 1 N–H and O–H groups in total. The van der Waals surface area contributed by atoms with Crippen LogP contribution in [0.5, 0.6) is 0 Å². The summed E-state index contributed by atoms with van der Waals surface area (Å²) in [6.45, 7) is 14.0. The Balaban J connectivity index is 2.54. The minimum Gasteiger partial charge on any atom is -0.465 e. The molecule has 0 aromatic rings. The molecule has 0 radical (unpaired) electrons. The van der Waals surface area contributed by atoms with Crippen LogP contribution in [0.2, 0.25) is 0 Å². The van der Waals surface area contributed by atoms with E-state index >= 15 is 0 Å². The number of nitrogens with zero attached hydrogens (tertiary/aromatic N) is 1. The summed E-state index contributed by atoms with van der Waals surface area (Å²) in [6.07, 6.45) is 1.22. The zero-order chi connectivity index (χ0) is 14.4. The summed E-state index contributed by atoms with van der Waals surface area (Å²) >= 11 is 0. The maximum absolute atomic E-state index is 12.0. The van der Waals surface area contributed by atoms with E-state index in [4.69, 9.17) is 4.74 Å². The summed E-state index contributed by atoms with van der Waals surface area (Å²) < 4.78 is 5.17. The summed E-state index contributed by atoms with van der Waals surface area (Å²) in [7, 11) is 0. The molecule has 1 aliphatic rings. The van der Waals surface area contributed by atoms with Crippen molar-refractivity contribution < 1.29 is 9.53 Å². The van der Waals surface area contributed by atoms with E-state index in [1.165, 1.54) is 6.42 Å². The molecule has 1 saturated heterocycles. The molecule has 0 saturated carbocycles. The third-order valence-electron chi connectivity index (χ3n) is 3.96. The summed E-state index contributed by atoms with van der Waals surface area (Å²) in [4.78, 5) is 14.4. The first kappa shape index (κ1) is 16.4. The molecule has 0 aliphatic carbocycles. The summed E-state index contributed by atoms with van der Waals surface area (Å²) in [5, 5.41) is 3.32. The molecule has 112 valence electrons. The Hall–Kier alpha value is -0.610. The minimum absolute atomic E-state index is 0.123. The second kappa shape index (κ2) is 7.85. The fraction of sp³-hybridized carbons (Fsp3) is 0.933. The number of carbonyl (C=O) groups is 1. The van der Waals surface area contributed by atoms with Crippen molar-refractivity contribution in [3.63, 3.8) is 0 Å². The maximum atomic E-state index is 12.0. The van der Waals surface area contributed by atoms with Crippen LogP contribution in [0.1, 0.15) is 41.0 Å². The largest absolute Gasteiger partial charge is 0.465 e. The number of ether oxygens (including phenoxy) is 1. The highest BCUT2D eigenvalue weighted by molar-refractivity contribution is 5.76.